The molecule has 3 N–H and O–H groups in total. The smallest absolute Gasteiger partial charge is 0.336 e. The summed E-state index contributed by atoms with van der Waals surface area (Å²) in [6, 6.07) is 17.9. The summed E-state index contributed by atoms with van der Waals surface area (Å²) in [6.45, 7) is 14.7. The standard InChI is InChI=1S/C31H39N3O4/c1-7-38-25-12-10-24(11-13-25)32-31(37)33-28-17-23(27-16-22(6)8-14-26(27)30(35)36)9-15-29(28)34(18-20(2)3)19-21(4)5/h8-17,20-21H,7,18-19H2,1-6H3,(H,35,36)(H2,32,33,37). The van der Waals surface area contributed by atoms with E-state index in [1.54, 1.807) is 24.3 Å². The number of amides is 2. The highest BCUT2D eigenvalue weighted by Crippen LogP contribution is 2.35. The molecule has 3 aromatic rings. The largest absolute Gasteiger partial charge is 0.494 e. The third-order valence-corrected chi connectivity index (χ3v) is 5.90. The minimum atomic E-state index is -0.993. The second-order valence-corrected chi connectivity index (χ2v) is 10.3. The average Bonchev–Trinajstić information content (AvgIpc) is 2.84. The van der Waals surface area contributed by atoms with Crippen LogP contribution in [-0.2, 0) is 0 Å². The normalized spacial score (nSPS) is 10.9. The van der Waals surface area contributed by atoms with Gasteiger partial charge in [-0.3, -0.25) is 0 Å². The van der Waals surface area contributed by atoms with Crippen molar-refractivity contribution in [1.82, 2.24) is 0 Å². The lowest BCUT2D eigenvalue weighted by Gasteiger charge is -2.31. The molecule has 3 rings (SSSR count). The summed E-state index contributed by atoms with van der Waals surface area (Å²) >= 11 is 0. The van der Waals surface area contributed by atoms with E-state index in [1.165, 1.54) is 0 Å². The van der Waals surface area contributed by atoms with Crippen LogP contribution in [0, 0.1) is 18.8 Å². The number of ether oxygens (including phenoxy) is 1. The molecule has 0 aliphatic carbocycles. The summed E-state index contributed by atoms with van der Waals surface area (Å²) in [6.07, 6.45) is 0. The predicted octanol–water partition coefficient (Wildman–Crippen LogP) is 7.52. The van der Waals surface area contributed by atoms with Gasteiger partial charge in [0.15, 0.2) is 0 Å². The fourth-order valence-electron chi connectivity index (χ4n) is 4.40. The highest BCUT2D eigenvalue weighted by Gasteiger charge is 2.19. The maximum atomic E-state index is 13.1. The van der Waals surface area contributed by atoms with Gasteiger partial charge in [-0.1, -0.05) is 51.5 Å². The van der Waals surface area contributed by atoms with Crippen molar-refractivity contribution >= 4 is 29.1 Å². The van der Waals surface area contributed by atoms with Gasteiger partial charge >= 0.3 is 12.0 Å². The van der Waals surface area contributed by atoms with Gasteiger partial charge in [0.05, 0.1) is 23.5 Å². The van der Waals surface area contributed by atoms with E-state index in [-0.39, 0.29) is 11.6 Å². The first-order valence-corrected chi connectivity index (χ1v) is 13.1. The van der Waals surface area contributed by atoms with E-state index in [1.807, 2.05) is 50.2 Å². The van der Waals surface area contributed by atoms with E-state index in [4.69, 9.17) is 4.74 Å². The maximum absolute atomic E-state index is 13.1. The molecule has 0 spiro atoms. The minimum absolute atomic E-state index is 0.217. The third-order valence-electron chi connectivity index (χ3n) is 5.90. The molecule has 0 saturated heterocycles. The van der Waals surface area contributed by atoms with Crippen molar-refractivity contribution in [3.05, 3.63) is 71.8 Å². The summed E-state index contributed by atoms with van der Waals surface area (Å²) in [5.41, 5.74) is 4.65. The molecular weight excluding hydrogens is 478 g/mol. The van der Waals surface area contributed by atoms with Crippen LogP contribution < -0.4 is 20.3 Å². The number of rotatable bonds is 11. The third kappa shape index (κ3) is 7.75. The first-order valence-electron chi connectivity index (χ1n) is 13.1. The number of carbonyl (C=O) groups is 2. The van der Waals surface area contributed by atoms with Gasteiger partial charge in [-0.15, -0.1) is 0 Å². The molecule has 7 heteroatoms. The number of aromatic carboxylic acids is 1. The molecule has 0 heterocycles. The number of carboxylic acids is 1. The Labute approximate surface area is 225 Å². The van der Waals surface area contributed by atoms with E-state index in [2.05, 4.69) is 43.2 Å². The fraction of sp³-hybridized carbons (Fsp3) is 0.355. The van der Waals surface area contributed by atoms with Gasteiger partial charge in [-0.25, -0.2) is 9.59 Å². The van der Waals surface area contributed by atoms with Crippen molar-refractivity contribution in [2.24, 2.45) is 11.8 Å². The highest BCUT2D eigenvalue weighted by atomic mass is 16.5. The van der Waals surface area contributed by atoms with Crippen molar-refractivity contribution in [2.45, 2.75) is 41.5 Å². The molecule has 0 fully saturated rings. The van der Waals surface area contributed by atoms with E-state index in [0.717, 1.165) is 35.7 Å². The Morgan fingerprint density at radius 1 is 0.895 bits per heavy atom. The molecule has 38 heavy (non-hydrogen) atoms. The van der Waals surface area contributed by atoms with Crippen LogP contribution >= 0.6 is 0 Å². The Bertz CT molecular complexity index is 1240. The lowest BCUT2D eigenvalue weighted by molar-refractivity contribution is 0.0697. The van der Waals surface area contributed by atoms with Crippen LogP contribution in [0.1, 0.15) is 50.5 Å². The van der Waals surface area contributed by atoms with Crippen LogP contribution in [0.25, 0.3) is 11.1 Å². The van der Waals surface area contributed by atoms with Gasteiger partial charge in [0, 0.05) is 18.8 Å². The second kappa shape index (κ2) is 13.0. The quantitative estimate of drug-likeness (QED) is 0.245. The van der Waals surface area contributed by atoms with Crippen LogP contribution in [-0.4, -0.2) is 36.8 Å². The Kier molecular flexibility index (Phi) is 9.77. The van der Waals surface area contributed by atoms with Crippen LogP contribution in [0.2, 0.25) is 0 Å². The molecule has 0 atom stereocenters. The Morgan fingerprint density at radius 2 is 1.55 bits per heavy atom. The van der Waals surface area contributed by atoms with E-state index >= 15 is 0 Å². The zero-order valence-electron chi connectivity index (χ0n) is 23.2. The number of anilines is 3. The first kappa shape index (κ1) is 28.6. The highest BCUT2D eigenvalue weighted by molar-refractivity contribution is 6.03. The maximum Gasteiger partial charge on any atom is 0.336 e. The number of hydrogen-bond donors (Lipinski definition) is 3. The van der Waals surface area contributed by atoms with Crippen molar-refractivity contribution < 1.29 is 19.4 Å². The fourth-order valence-corrected chi connectivity index (χ4v) is 4.40. The molecule has 0 aromatic heterocycles. The zero-order chi connectivity index (χ0) is 27.8. The number of nitrogens with zero attached hydrogens (tertiary/aromatic N) is 1. The Morgan fingerprint density at radius 3 is 2.13 bits per heavy atom. The summed E-state index contributed by atoms with van der Waals surface area (Å²) < 4.78 is 5.48. The van der Waals surface area contributed by atoms with Crippen LogP contribution in [0.15, 0.2) is 60.7 Å². The summed E-state index contributed by atoms with van der Waals surface area (Å²) in [5.74, 6) is 0.565. The van der Waals surface area contributed by atoms with Crippen molar-refractivity contribution in [2.75, 3.05) is 35.2 Å². The summed E-state index contributed by atoms with van der Waals surface area (Å²) in [5, 5.41) is 15.7. The number of carbonyl (C=O) groups excluding carboxylic acids is 1. The SMILES string of the molecule is CCOc1ccc(NC(=O)Nc2cc(-c3cc(C)ccc3C(=O)O)ccc2N(CC(C)C)CC(C)C)cc1. The summed E-state index contributed by atoms with van der Waals surface area (Å²) in [4.78, 5) is 27.4. The average molecular weight is 518 g/mol. The Hall–Kier alpha value is -4.00. The molecule has 0 aliphatic rings. The molecular formula is C31H39N3O4. The molecule has 202 valence electrons. The number of carboxylic acid groups (broad SMARTS) is 1. The van der Waals surface area contributed by atoms with E-state index < -0.39 is 5.97 Å². The molecule has 3 aromatic carbocycles. The van der Waals surface area contributed by atoms with E-state index in [9.17, 15) is 14.7 Å². The van der Waals surface area contributed by atoms with Crippen molar-refractivity contribution in [3.8, 4) is 16.9 Å². The van der Waals surface area contributed by atoms with Gasteiger partial charge in [0.25, 0.3) is 0 Å². The van der Waals surface area contributed by atoms with Crippen molar-refractivity contribution in [3.63, 3.8) is 0 Å². The molecule has 0 radical (unpaired) electrons. The van der Waals surface area contributed by atoms with Gasteiger partial charge in [0.1, 0.15) is 5.75 Å². The lowest BCUT2D eigenvalue weighted by atomic mass is 9.96. The molecule has 7 nitrogen and oxygen atoms in total. The first-order chi connectivity index (χ1) is 18.1. The predicted molar refractivity (Wildman–Crippen MR) is 156 cm³/mol. The molecule has 2 amide bonds. The van der Waals surface area contributed by atoms with Crippen molar-refractivity contribution in [1.29, 1.82) is 0 Å². The van der Waals surface area contributed by atoms with Crippen LogP contribution in [0.5, 0.6) is 5.75 Å². The minimum Gasteiger partial charge on any atom is -0.494 e. The van der Waals surface area contributed by atoms with Crippen LogP contribution in [0.4, 0.5) is 21.9 Å². The number of hydrogen-bond acceptors (Lipinski definition) is 4. The van der Waals surface area contributed by atoms with Gasteiger partial charge < -0.3 is 25.4 Å². The lowest BCUT2D eigenvalue weighted by Crippen LogP contribution is -2.32. The topological polar surface area (TPSA) is 90.9 Å². The number of aryl methyl sites for hydroxylation is 1. The molecule has 0 unspecified atom stereocenters. The molecule has 0 aliphatic heterocycles. The second-order valence-electron chi connectivity index (χ2n) is 10.3. The number of benzene rings is 3. The zero-order valence-corrected chi connectivity index (χ0v) is 23.2. The Balaban J connectivity index is 2.02. The molecule has 0 bridgehead atoms. The number of nitrogens with one attached hydrogen (secondary N) is 2. The number of urea groups is 1. The van der Waals surface area contributed by atoms with Gasteiger partial charge in [-0.2, -0.15) is 0 Å². The van der Waals surface area contributed by atoms with Crippen LogP contribution in [0.3, 0.4) is 0 Å². The molecule has 0 saturated carbocycles. The summed E-state index contributed by atoms with van der Waals surface area (Å²) in [7, 11) is 0. The van der Waals surface area contributed by atoms with E-state index in [0.29, 0.717) is 35.4 Å². The monoisotopic (exact) mass is 517 g/mol. The van der Waals surface area contributed by atoms with Gasteiger partial charge in [-0.05, 0) is 79.3 Å². The van der Waals surface area contributed by atoms with Gasteiger partial charge in [0.2, 0.25) is 0 Å².